The van der Waals surface area contributed by atoms with Crippen LogP contribution < -0.4 is 5.32 Å². The molecule has 1 unspecified atom stereocenters. The van der Waals surface area contributed by atoms with Crippen molar-refractivity contribution in [3.8, 4) is 0 Å². The maximum Gasteiger partial charge on any atom is 0.236 e. The van der Waals surface area contributed by atoms with Gasteiger partial charge in [-0.2, -0.15) is 0 Å². The molecule has 3 aliphatic heterocycles. The lowest BCUT2D eigenvalue weighted by molar-refractivity contribution is -0.132. The number of amides is 1. The van der Waals surface area contributed by atoms with Crippen molar-refractivity contribution in [2.45, 2.75) is 62.6 Å². The molecule has 4 fully saturated rings. The van der Waals surface area contributed by atoms with Gasteiger partial charge in [0.25, 0.3) is 0 Å². The van der Waals surface area contributed by atoms with E-state index >= 15 is 0 Å². The lowest BCUT2D eigenvalue weighted by Crippen LogP contribution is -2.48. The average molecular weight is 307 g/mol. The largest absolute Gasteiger partial charge is 0.373 e. The molecule has 1 atom stereocenters. The molecule has 0 aromatic rings. The molecular formula is C17H29N3O2. The molecule has 0 radical (unpaired) electrons. The Bertz CT molecular complexity index is 410. The first-order valence-corrected chi connectivity index (χ1v) is 9.13. The van der Waals surface area contributed by atoms with Crippen LogP contribution in [-0.2, 0) is 9.53 Å². The van der Waals surface area contributed by atoms with Gasteiger partial charge < -0.3 is 15.0 Å². The minimum Gasteiger partial charge on any atom is -0.373 e. The highest BCUT2D eigenvalue weighted by atomic mass is 16.5. The number of nitrogens with zero attached hydrogens (tertiary/aromatic N) is 2. The topological polar surface area (TPSA) is 44.8 Å². The number of hydrogen-bond acceptors (Lipinski definition) is 4. The smallest absolute Gasteiger partial charge is 0.236 e. The standard InChI is InChI=1S/C17H29N3O2/c21-16(20-7-1-2-8-20)12-19-9-5-17(6-10-19)11-15(13-22-17)18-14-3-4-14/h14-15,18H,1-13H2. The molecule has 3 saturated heterocycles. The zero-order valence-electron chi connectivity index (χ0n) is 13.6. The van der Waals surface area contributed by atoms with Crippen LogP contribution in [0.2, 0.25) is 0 Å². The van der Waals surface area contributed by atoms with Gasteiger partial charge in [-0.25, -0.2) is 0 Å². The van der Waals surface area contributed by atoms with Crippen molar-refractivity contribution in [2.75, 3.05) is 39.3 Å². The monoisotopic (exact) mass is 307 g/mol. The molecule has 1 spiro atoms. The predicted octanol–water partition coefficient (Wildman–Crippen LogP) is 0.984. The van der Waals surface area contributed by atoms with Gasteiger partial charge in [0.05, 0.1) is 18.8 Å². The van der Waals surface area contributed by atoms with Gasteiger partial charge in [0.1, 0.15) is 0 Å². The van der Waals surface area contributed by atoms with Crippen LogP contribution in [0.1, 0.15) is 44.9 Å². The van der Waals surface area contributed by atoms with E-state index in [0.29, 0.717) is 18.5 Å². The Hall–Kier alpha value is -0.650. The first-order chi connectivity index (χ1) is 10.7. The number of carbonyl (C=O) groups excluding carboxylic acids is 1. The summed E-state index contributed by atoms with van der Waals surface area (Å²) in [6, 6.07) is 1.33. The van der Waals surface area contributed by atoms with E-state index in [1.165, 1.54) is 25.7 Å². The van der Waals surface area contributed by atoms with Crippen molar-refractivity contribution in [2.24, 2.45) is 0 Å². The lowest BCUT2D eigenvalue weighted by atomic mass is 9.87. The Balaban J connectivity index is 1.23. The fourth-order valence-electron chi connectivity index (χ4n) is 4.26. The molecule has 5 nitrogen and oxygen atoms in total. The predicted molar refractivity (Wildman–Crippen MR) is 84.7 cm³/mol. The van der Waals surface area contributed by atoms with Crippen LogP contribution in [0.15, 0.2) is 0 Å². The fourth-order valence-corrected chi connectivity index (χ4v) is 4.26. The van der Waals surface area contributed by atoms with E-state index < -0.39 is 0 Å². The zero-order chi connectivity index (χ0) is 15.0. The Labute approximate surface area is 133 Å². The van der Waals surface area contributed by atoms with Gasteiger partial charge >= 0.3 is 0 Å². The van der Waals surface area contributed by atoms with Gasteiger partial charge in [0.2, 0.25) is 5.91 Å². The number of nitrogens with one attached hydrogen (secondary N) is 1. The quantitative estimate of drug-likeness (QED) is 0.841. The molecule has 0 aromatic carbocycles. The Morgan fingerprint density at radius 1 is 1.09 bits per heavy atom. The highest BCUT2D eigenvalue weighted by molar-refractivity contribution is 5.78. The van der Waals surface area contributed by atoms with Crippen LogP contribution in [-0.4, -0.2) is 72.7 Å². The molecule has 22 heavy (non-hydrogen) atoms. The number of rotatable bonds is 4. The number of piperidine rings is 1. The summed E-state index contributed by atoms with van der Waals surface area (Å²) < 4.78 is 6.19. The summed E-state index contributed by atoms with van der Waals surface area (Å²) in [6.45, 7) is 5.44. The van der Waals surface area contributed by atoms with Crippen molar-refractivity contribution in [3.63, 3.8) is 0 Å². The molecule has 1 N–H and O–H groups in total. The van der Waals surface area contributed by atoms with Crippen LogP contribution in [0.25, 0.3) is 0 Å². The third-order valence-corrected chi connectivity index (χ3v) is 5.84. The summed E-state index contributed by atoms with van der Waals surface area (Å²) in [5.74, 6) is 0.328. The molecule has 1 amide bonds. The van der Waals surface area contributed by atoms with Gasteiger partial charge in [-0.05, 0) is 44.9 Å². The third kappa shape index (κ3) is 3.31. The van der Waals surface area contributed by atoms with Crippen LogP contribution in [0.4, 0.5) is 0 Å². The second kappa shape index (κ2) is 6.10. The normalized spacial score (nSPS) is 32.0. The molecule has 0 bridgehead atoms. The van der Waals surface area contributed by atoms with Gasteiger partial charge in [-0.3, -0.25) is 9.69 Å². The van der Waals surface area contributed by atoms with Gasteiger partial charge in [0.15, 0.2) is 0 Å². The Morgan fingerprint density at radius 2 is 1.82 bits per heavy atom. The summed E-state index contributed by atoms with van der Waals surface area (Å²) in [6.07, 6.45) is 8.38. The van der Waals surface area contributed by atoms with Crippen molar-refractivity contribution >= 4 is 5.91 Å². The average Bonchev–Trinajstić information content (AvgIpc) is 3.02. The first-order valence-electron chi connectivity index (χ1n) is 9.13. The summed E-state index contributed by atoms with van der Waals surface area (Å²) in [7, 11) is 0. The Morgan fingerprint density at radius 3 is 2.50 bits per heavy atom. The highest BCUT2D eigenvalue weighted by Crippen LogP contribution is 2.37. The minimum atomic E-state index is 0.0970. The molecule has 3 heterocycles. The fraction of sp³-hybridized carbons (Fsp3) is 0.941. The van der Waals surface area contributed by atoms with Gasteiger partial charge in [-0.1, -0.05) is 0 Å². The van der Waals surface area contributed by atoms with E-state index in [4.69, 9.17) is 4.74 Å². The van der Waals surface area contributed by atoms with Crippen molar-refractivity contribution in [1.29, 1.82) is 0 Å². The molecule has 124 valence electrons. The van der Waals surface area contributed by atoms with E-state index in [1.54, 1.807) is 0 Å². The SMILES string of the molecule is O=C(CN1CCC2(CC1)CC(NC1CC1)CO2)N1CCCC1. The first kappa shape index (κ1) is 14.9. The summed E-state index contributed by atoms with van der Waals surface area (Å²) in [5.41, 5.74) is 0.0970. The van der Waals surface area contributed by atoms with E-state index in [-0.39, 0.29) is 5.60 Å². The molecule has 4 rings (SSSR count). The van der Waals surface area contributed by atoms with Gasteiger partial charge in [0, 0.05) is 38.3 Å². The molecule has 0 aromatic heterocycles. The highest BCUT2D eigenvalue weighted by Gasteiger charge is 2.44. The van der Waals surface area contributed by atoms with Crippen molar-refractivity contribution in [1.82, 2.24) is 15.1 Å². The molecule has 4 aliphatic rings. The van der Waals surface area contributed by atoms with Gasteiger partial charge in [-0.15, -0.1) is 0 Å². The maximum atomic E-state index is 12.2. The summed E-state index contributed by atoms with van der Waals surface area (Å²) in [5, 5.41) is 3.71. The second-order valence-corrected chi connectivity index (χ2v) is 7.70. The summed E-state index contributed by atoms with van der Waals surface area (Å²) in [4.78, 5) is 16.6. The number of hydrogen-bond donors (Lipinski definition) is 1. The minimum absolute atomic E-state index is 0.0970. The van der Waals surface area contributed by atoms with E-state index in [9.17, 15) is 4.79 Å². The second-order valence-electron chi connectivity index (χ2n) is 7.70. The number of carbonyl (C=O) groups is 1. The maximum absolute atomic E-state index is 12.2. The van der Waals surface area contributed by atoms with Crippen LogP contribution in [0.5, 0.6) is 0 Å². The number of likely N-dealkylation sites (tertiary alicyclic amines) is 2. The third-order valence-electron chi connectivity index (χ3n) is 5.84. The Kier molecular flexibility index (Phi) is 4.13. The zero-order valence-corrected chi connectivity index (χ0v) is 13.6. The lowest BCUT2D eigenvalue weighted by Gasteiger charge is -2.38. The van der Waals surface area contributed by atoms with E-state index in [0.717, 1.165) is 58.1 Å². The molecule has 1 saturated carbocycles. The van der Waals surface area contributed by atoms with Crippen LogP contribution in [0.3, 0.4) is 0 Å². The van der Waals surface area contributed by atoms with E-state index in [1.807, 2.05) is 4.90 Å². The van der Waals surface area contributed by atoms with Crippen LogP contribution in [0, 0.1) is 0 Å². The molecule has 1 aliphatic carbocycles. The van der Waals surface area contributed by atoms with Crippen LogP contribution >= 0.6 is 0 Å². The summed E-state index contributed by atoms with van der Waals surface area (Å²) >= 11 is 0. The number of ether oxygens (including phenoxy) is 1. The van der Waals surface area contributed by atoms with Crippen molar-refractivity contribution in [3.05, 3.63) is 0 Å². The molecular weight excluding hydrogens is 278 g/mol. The van der Waals surface area contributed by atoms with Crippen molar-refractivity contribution < 1.29 is 9.53 Å². The van der Waals surface area contributed by atoms with E-state index in [2.05, 4.69) is 10.2 Å². The molecule has 5 heteroatoms.